The van der Waals surface area contributed by atoms with Crippen molar-refractivity contribution < 1.29 is 0 Å². The van der Waals surface area contributed by atoms with E-state index in [9.17, 15) is 0 Å². The van der Waals surface area contributed by atoms with Crippen molar-refractivity contribution in [3.8, 4) is 11.4 Å². The van der Waals surface area contributed by atoms with E-state index >= 15 is 0 Å². The van der Waals surface area contributed by atoms with E-state index in [1.165, 1.54) is 5.56 Å². The molecular weight excluding hydrogens is 326 g/mol. The highest BCUT2D eigenvalue weighted by Crippen LogP contribution is 2.35. The first-order valence-corrected chi connectivity index (χ1v) is 8.83. The second-order valence-corrected chi connectivity index (χ2v) is 6.65. The Balaban J connectivity index is 1.57. The van der Waals surface area contributed by atoms with E-state index in [-0.39, 0.29) is 0 Å². The Labute approximate surface area is 150 Å². The first-order chi connectivity index (χ1) is 12.8. The molecule has 7 heteroatoms. The van der Waals surface area contributed by atoms with Crippen LogP contribution in [0.2, 0.25) is 0 Å². The summed E-state index contributed by atoms with van der Waals surface area (Å²) < 4.78 is 3.69. The lowest BCUT2D eigenvalue weighted by Gasteiger charge is -2.24. The van der Waals surface area contributed by atoms with Gasteiger partial charge in [0.05, 0.1) is 12.2 Å². The minimum absolute atomic E-state index is 0.310. The molecule has 0 radical (unpaired) electrons. The van der Waals surface area contributed by atoms with Gasteiger partial charge in [0.2, 0.25) is 0 Å². The topological polar surface area (TPSA) is 64.1 Å². The molecule has 3 aromatic heterocycles. The van der Waals surface area contributed by atoms with Gasteiger partial charge in [-0.15, -0.1) is 15.3 Å². The molecule has 0 bridgehead atoms. The number of hydrogen-bond acceptors (Lipinski definition) is 5. The number of rotatable bonds is 3. The Bertz CT molecular complexity index is 1050. The van der Waals surface area contributed by atoms with Crippen LogP contribution in [0.5, 0.6) is 0 Å². The molecule has 1 aromatic carbocycles. The smallest absolute Gasteiger partial charge is 0.185 e. The van der Waals surface area contributed by atoms with Crippen molar-refractivity contribution in [1.29, 1.82) is 0 Å². The predicted molar refractivity (Wildman–Crippen MR) is 98.7 cm³/mol. The van der Waals surface area contributed by atoms with Crippen LogP contribution in [0.3, 0.4) is 0 Å². The molecule has 5 rings (SSSR count). The molecular formula is C19H19N7. The van der Waals surface area contributed by atoms with Crippen molar-refractivity contribution in [2.75, 3.05) is 11.4 Å². The van der Waals surface area contributed by atoms with Gasteiger partial charge < -0.3 is 4.90 Å². The Hall–Kier alpha value is -3.22. The molecule has 0 aliphatic carbocycles. The summed E-state index contributed by atoms with van der Waals surface area (Å²) in [5, 5.41) is 17.8. The fourth-order valence-corrected chi connectivity index (χ4v) is 3.70. The van der Waals surface area contributed by atoms with Gasteiger partial charge in [-0.1, -0.05) is 30.3 Å². The van der Waals surface area contributed by atoms with Gasteiger partial charge in [0.1, 0.15) is 5.82 Å². The maximum Gasteiger partial charge on any atom is 0.185 e. The number of nitrogens with zero attached hydrogens (tertiary/aromatic N) is 7. The molecule has 26 heavy (non-hydrogen) atoms. The zero-order chi connectivity index (χ0) is 17.5. The maximum atomic E-state index is 4.87. The highest BCUT2D eigenvalue weighted by Gasteiger charge is 2.28. The van der Waals surface area contributed by atoms with Crippen LogP contribution in [-0.4, -0.2) is 36.1 Å². The largest absolute Gasteiger partial charge is 0.348 e. The van der Waals surface area contributed by atoms with Crippen LogP contribution >= 0.6 is 0 Å². The van der Waals surface area contributed by atoms with Gasteiger partial charge in [-0.2, -0.15) is 9.61 Å². The van der Waals surface area contributed by atoms with Crippen LogP contribution in [0, 0.1) is 0 Å². The molecule has 1 saturated heterocycles. The van der Waals surface area contributed by atoms with Gasteiger partial charge in [-0.25, -0.2) is 0 Å². The summed E-state index contributed by atoms with van der Waals surface area (Å²) in [7, 11) is 1.95. The Morgan fingerprint density at radius 2 is 1.92 bits per heavy atom. The molecule has 0 saturated carbocycles. The highest BCUT2D eigenvalue weighted by molar-refractivity contribution is 5.59. The zero-order valence-corrected chi connectivity index (χ0v) is 14.5. The van der Waals surface area contributed by atoms with Gasteiger partial charge in [0.15, 0.2) is 11.5 Å². The quantitative estimate of drug-likeness (QED) is 0.571. The van der Waals surface area contributed by atoms with Crippen LogP contribution in [0.15, 0.2) is 54.9 Å². The SMILES string of the molecule is Cn1cc(C2CCCN2c2ccc3nnc(-c4ccccc4)n3n2)cn1. The molecule has 0 amide bonds. The first-order valence-electron chi connectivity index (χ1n) is 8.83. The third-order valence-corrected chi connectivity index (χ3v) is 4.94. The minimum Gasteiger partial charge on any atom is -0.348 e. The van der Waals surface area contributed by atoms with Crippen molar-refractivity contribution in [1.82, 2.24) is 29.6 Å². The molecule has 1 fully saturated rings. The summed E-state index contributed by atoms with van der Waals surface area (Å²) in [4.78, 5) is 2.35. The fourth-order valence-electron chi connectivity index (χ4n) is 3.70. The first kappa shape index (κ1) is 15.1. The lowest BCUT2D eigenvalue weighted by atomic mass is 10.1. The highest BCUT2D eigenvalue weighted by atomic mass is 15.4. The Morgan fingerprint density at radius 1 is 1.04 bits per heavy atom. The maximum absolute atomic E-state index is 4.87. The van der Waals surface area contributed by atoms with Crippen molar-refractivity contribution >= 4 is 11.5 Å². The molecule has 1 atom stereocenters. The summed E-state index contributed by atoms with van der Waals surface area (Å²) in [5.41, 5.74) is 3.00. The number of fused-ring (bicyclic) bond motifs is 1. The van der Waals surface area contributed by atoms with Crippen molar-refractivity contribution in [3.63, 3.8) is 0 Å². The zero-order valence-electron chi connectivity index (χ0n) is 14.5. The van der Waals surface area contributed by atoms with Gasteiger partial charge in [-0.05, 0) is 25.0 Å². The lowest BCUT2D eigenvalue weighted by Crippen LogP contribution is -2.24. The average Bonchev–Trinajstić information content (AvgIpc) is 3.40. The molecule has 1 unspecified atom stereocenters. The second-order valence-electron chi connectivity index (χ2n) is 6.65. The van der Waals surface area contributed by atoms with Gasteiger partial charge in [0.25, 0.3) is 0 Å². The van der Waals surface area contributed by atoms with Crippen molar-refractivity contribution in [2.24, 2.45) is 7.05 Å². The summed E-state index contributed by atoms with van der Waals surface area (Å²) in [6, 6.07) is 14.4. The number of anilines is 1. The Kier molecular flexibility index (Phi) is 3.44. The normalized spacial score (nSPS) is 17.3. The standard InChI is InChI=1S/C19H19N7/c1-24-13-15(12-20-24)16-8-5-11-25(16)18-10-9-17-21-22-19(26(17)23-18)14-6-3-2-4-7-14/h2-4,6-7,9-10,12-13,16H,5,8,11H2,1H3. The van der Waals surface area contributed by atoms with Crippen molar-refractivity contribution in [2.45, 2.75) is 18.9 Å². The monoisotopic (exact) mass is 345 g/mol. The van der Waals surface area contributed by atoms with E-state index in [4.69, 9.17) is 5.10 Å². The molecule has 4 aromatic rings. The fraction of sp³-hybridized carbons (Fsp3) is 0.263. The summed E-state index contributed by atoms with van der Waals surface area (Å²) in [6.45, 7) is 0.987. The second kappa shape index (κ2) is 5.94. The number of hydrogen-bond donors (Lipinski definition) is 0. The van der Waals surface area contributed by atoms with E-state index in [1.54, 1.807) is 0 Å². The van der Waals surface area contributed by atoms with Gasteiger partial charge >= 0.3 is 0 Å². The van der Waals surface area contributed by atoms with Gasteiger partial charge in [0, 0.05) is 30.9 Å². The molecule has 130 valence electrons. The number of aryl methyl sites for hydroxylation is 1. The average molecular weight is 345 g/mol. The van der Waals surface area contributed by atoms with Crippen LogP contribution in [-0.2, 0) is 7.05 Å². The number of benzene rings is 1. The lowest BCUT2D eigenvalue weighted by molar-refractivity contribution is 0.699. The van der Waals surface area contributed by atoms with Crippen LogP contribution in [0.4, 0.5) is 5.82 Å². The van der Waals surface area contributed by atoms with E-state index in [2.05, 4.69) is 26.4 Å². The molecule has 7 nitrogen and oxygen atoms in total. The number of aromatic nitrogens is 6. The predicted octanol–water partition coefficient (Wildman–Crippen LogP) is 2.87. The third-order valence-electron chi connectivity index (χ3n) is 4.94. The summed E-state index contributed by atoms with van der Waals surface area (Å²) in [5.74, 6) is 1.71. The molecule has 4 heterocycles. The van der Waals surface area contributed by atoms with Gasteiger partial charge in [-0.3, -0.25) is 4.68 Å². The minimum atomic E-state index is 0.310. The van der Waals surface area contributed by atoms with Crippen molar-refractivity contribution in [3.05, 3.63) is 60.4 Å². The van der Waals surface area contributed by atoms with Crippen LogP contribution in [0.25, 0.3) is 17.0 Å². The summed E-state index contributed by atoms with van der Waals surface area (Å²) in [6.07, 6.45) is 6.30. The third kappa shape index (κ3) is 2.44. The van der Waals surface area contributed by atoms with E-state index in [1.807, 2.05) is 64.9 Å². The molecule has 1 aliphatic rings. The molecule has 0 spiro atoms. The molecule has 0 N–H and O–H groups in total. The summed E-state index contributed by atoms with van der Waals surface area (Å²) >= 11 is 0. The molecule has 1 aliphatic heterocycles. The Morgan fingerprint density at radius 3 is 2.73 bits per heavy atom. The van der Waals surface area contributed by atoms with E-state index in [0.717, 1.165) is 42.2 Å². The van der Waals surface area contributed by atoms with E-state index < -0.39 is 0 Å². The van der Waals surface area contributed by atoms with Crippen LogP contribution < -0.4 is 4.90 Å². The van der Waals surface area contributed by atoms with Crippen LogP contribution in [0.1, 0.15) is 24.4 Å². The van der Waals surface area contributed by atoms with E-state index in [0.29, 0.717) is 6.04 Å².